The molecule has 0 aromatic heterocycles. The van der Waals surface area contributed by atoms with Crippen LogP contribution < -0.4 is 19.5 Å². The molecule has 0 aliphatic carbocycles. The smallest absolute Gasteiger partial charge is 0.248 e. The number of hydrogen-bond donors (Lipinski definition) is 1. The summed E-state index contributed by atoms with van der Waals surface area (Å²) in [5, 5.41) is 2.77. The molecule has 0 aliphatic heterocycles. The summed E-state index contributed by atoms with van der Waals surface area (Å²) in [5.74, 6) is 1.72. The maximum absolute atomic E-state index is 12.1. The largest absolute Gasteiger partial charge is 0.497 e. The van der Waals surface area contributed by atoms with Crippen LogP contribution in [0.3, 0.4) is 0 Å². The number of methoxy groups -OCH3 is 3. The first kappa shape index (κ1) is 16.4. The van der Waals surface area contributed by atoms with Crippen molar-refractivity contribution in [1.82, 2.24) is 0 Å². The molecule has 2 aromatic carbocycles. The van der Waals surface area contributed by atoms with Crippen molar-refractivity contribution >= 4 is 17.7 Å². The zero-order valence-electron chi connectivity index (χ0n) is 13.3. The number of ether oxygens (including phenoxy) is 3. The maximum Gasteiger partial charge on any atom is 0.248 e. The van der Waals surface area contributed by atoms with Crippen LogP contribution in [0.4, 0.5) is 5.69 Å². The number of carbonyl (C=O) groups excluding carboxylic acids is 1. The highest BCUT2D eigenvalue weighted by molar-refractivity contribution is 6.02. The number of benzene rings is 2. The first-order valence-corrected chi connectivity index (χ1v) is 7.01. The van der Waals surface area contributed by atoms with Crippen molar-refractivity contribution in [3.8, 4) is 17.2 Å². The van der Waals surface area contributed by atoms with Gasteiger partial charge in [-0.1, -0.05) is 12.1 Å². The summed E-state index contributed by atoms with van der Waals surface area (Å²) in [6.07, 6.45) is 3.18. The van der Waals surface area contributed by atoms with Gasteiger partial charge in [-0.25, -0.2) is 0 Å². The fourth-order valence-corrected chi connectivity index (χ4v) is 1.97. The summed E-state index contributed by atoms with van der Waals surface area (Å²) in [6, 6.07) is 12.6. The molecule has 5 nitrogen and oxygen atoms in total. The van der Waals surface area contributed by atoms with Crippen LogP contribution in [0.2, 0.25) is 0 Å². The van der Waals surface area contributed by atoms with Gasteiger partial charge in [0.15, 0.2) is 0 Å². The van der Waals surface area contributed by atoms with Crippen LogP contribution >= 0.6 is 0 Å². The Bertz CT molecular complexity index is 693. The lowest BCUT2D eigenvalue weighted by Crippen LogP contribution is -2.09. The summed E-state index contributed by atoms with van der Waals surface area (Å²) in [4.78, 5) is 12.1. The molecule has 0 aliphatic rings. The lowest BCUT2D eigenvalue weighted by molar-refractivity contribution is -0.111. The van der Waals surface area contributed by atoms with Crippen molar-refractivity contribution in [3.63, 3.8) is 0 Å². The third-order valence-corrected chi connectivity index (χ3v) is 3.21. The molecule has 0 radical (unpaired) electrons. The predicted octanol–water partition coefficient (Wildman–Crippen LogP) is 3.36. The van der Waals surface area contributed by atoms with Crippen molar-refractivity contribution in [2.45, 2.75) is 0 Å². The molecule has 0 unspecified atom stereocenters. The Labute approximate surface area is 135 Å². The Balaban J connectivity index is 2.07. The van der Waals surface area contributed by atoms with E-state index in [9.17, 15) is 4.79 Å². The molecule has 0 atom stereocenters. The van der Waals surface area contributed by atoms with Crippen LogP contribution in [0, 0.1) is 0 Å². The zero-order chi connectivity index (χ0) is 16.7. The Morgan fingerprint density at radius 1 is 0.913 bits per heavy atom. The number of carbonyl (C=O) groups is 1. The van der Waals surface area contributed by atoms with Crippen LogP contribution in [-0.4, -0.2) is 27.2 Å². The molecule has 0 heterocycles. The fraction of sp³-hybridized carbons (Fsp3) is 0.167. The topological polar surface area (TPSA) is 56.8 Å². The first-order valence-electron chi connectivity index (χ1n) is 7.01. The average Bonchev–Trinajstić information content (AvgIpc) is 2.60. The number of anilines is 1. The minimum Gasteiger partial charge on any atom is -0.497 e. The van der Waals surface area contributed by atoms with Gasteiger partial charge in [-0.3, -0.25) is 4.79 Å². The number of rotatable bonds is 6. The zero-order valence-corrected chi connectivity index (χ0v) is 13.3. The average molecular weight is 313 g/mol. The predicted molar refractivity (Wildman–Crippen MR) is 90.2 cm³/mol. The van der Waals surface area contributed by atoms with Crippen molar-refractivity contribution in [3.05, 3.63) is 54.1 Å². The molecule has 0 bridgehead atoms. The van der Waals surface area contributed by atoms with Gasteiger partial charge in [0.25, 0.3) is 0 Å². The van der Waals surface area contributed by atoms with E-state index in [1.807, 2.05) is 24.3 Å². The van der Waals surface area contributed by atoms with Gasteiger partial charge in [0.1, 0.15) is 17.2 Å². The van der Waals surface area contributed by atoms with E-state index in [0.717, 1.165) is 11.3 Å². The third-order valence-electron chi connectivity index (χ3n) is 3.21. The molecular formula is C18H19NO4. The van der Waals surface area contributed by atoms with E-state index >= 15 is 0 Å². The van der Waals surface area contributed by atoms with E-state index in [0.29, 0.717) is 17.2 Å². The van der Waals surface area contributed by atoms with Gasteiger partial charge in [-0.15, -0.1) is 0 Å². The third kappa shape index (κ3) is 4.51. The maximum atomic E-state index is 12.1. The highest BCUT2D eigenvalue weighted by Gasteiger charge is 2.07. The van der Waals surface area contributed by atoms with Crippen molar-refractivity contribution in [2.24, 2.45) is 0 Å². The van der Waals surface area contributed by atoms with Crippen LogP contribution in [0.1, 0.15) is 5.56 Å². The molecule has 120 valence electrons. The van der Waals surface area contributed by atoms with Gasteiger partial charge in [0, 0.05) is 12.1 Å². The number of hydrogen-bond acceptors (Lipinski definition) is 4. The molecule has 1 N–H and O–H groups in total. The molecule has 5 heteroatoms. The quantitative estimate of drug-likeness (QED) is 0.831. The Hall–Kier alpha value is -2.95. The Morgan fingerprint density at radius 3 is 2.17 bits per heavy atom. The monoisotopic (exact) mass is 313 g/mol. The molecule has 0 spiro atoms. The van der Waals surface area contributed by atoms with Gasteiger partial charge in [0.2, 0.25) is 5.91 Å². The highest BCUT2D eigenvalue weighted by atomic mass is 16.5. The van der Waals surface area contributed by atoms with Gasteiger partial charge >= 0.3 is 0 Å². The van der Waals surface area contributed by atoms with E-state index in [-0.39, 0.29) is 5.91 Å². The standard InChI is InChI=1S/C18H19NO4/c1-21-14-7-4-13(5-8-14)6-11-18(20)19-16-12-15(22-2)9-10-17(16)23-3/h4-12H,1-3H3,(H,19,20). The Morgan fingerprint density at radius 2 is 1.57 bits per heavy atom. The number of amides is 1. The fourth-order valence-electron chi connectivity index (χ4n) is 1.97. The van der Waals surface area contributed by atoms with Gasteiger partial charge in [-0.05, 0) is 35.9 Å². The SMILES string of the molecule is COc1ccc(C=CC(=O)Nc2cc(OC)ccc2OC)cc1. The summed E-state index contributed by atoms with van der Waals surface area (Å²) in [5.41, 5.74) is 1.45. The van der Waals surface area contributed by atoms with Gasteiger partial charge < -0.3 is 19.5 Å². The van der Waals surface area contributed by atoms with Crippen molar-refractivity contribution in [2.75, 3.05) is 26.6 Å². The van der Waals surface area contributed by atoms with E-state index in [1.165, 1.54) is 6.08 Å². The summed E-state index contributed by atoms with van der Waals surface area (Å²) in [6.45, 7) is 0. The molecule has 0 saturated carbocycles. The molecule has 2 rings (SSSR count). The molecule has 0 fully saturated rings. The van der Waals surface area contributed by atoms with Crippen LogP contribution in [-0.2, 0) is 4.79 Å². The van der Waals surface area contributed by atoms with E-state index in [1.54, 1.807) is 45.6 Å². The highest BCUT2D eigenvalue weighted by Crippen LogP contribution is 2.28. The summed E-state index contributed by atoms with van der Waals surface area (Å²) >= 11 is 0. The first-order chi connectivity index (χ1) is 11.2. The van der Waals surface area contributed by atoms with E-state index < -0.39 is 0 Å². The van der Waals surface area contributed by atoms with Crippen molar-refractivity contribution < 1.29 is 19.0 Å². The van der Waals surface area contributed by atoms with E-state index in [4.69, 9.17) is 14.2 Å². The van der Waals surface area contributed by atoms with Crippen LogP contribution in [0.15, 0.2) is 48.5 Å². The van der Waals surface area contributed by atoms with E-state index in [2.05, 4.69) is 5.32 Å². The minimum absolute atomic E-state index is 0.257. The molecular weight excluding hydrogens is 294 g/mol. The lowest BCUT2D eigenvalue weighted by Gasteiger charge is -2.10. The summed E-state index contributed by atoms with van der Waals surface area (Å²) in [7, 11) is 4.72. The second-order valence-corrected chi connectivity index (χ2v) is 4.66. The molecule has 2 aromatic rings. The Kier molecular flexibility index (Phi) is 5.63. The molecule has 1 amide bonds. The summed E-state index contributed by atoms with van der Waals surface area (Å²) < 4.78 is 15.5. The second-order valence-electron chi connectivity index (χ2n) is 4.66. The second kappa shape index (κ2) is 7.89. The normalized spacial score (nSPS) is 10.4. The number of nitrogens with one attached hydrogen (secondary N) is 1. The molecule has 0 saturated heterocycles. The minimum atomic E-state index is -0.257. The van der Waals surface area contributed by atoms with Crippen LogP contribution in [0.5, 0.6) is 17.2 Å². The van der Waals surface area contributed by atoms with Gasteiger partial charge in [0.05, 0.1) is 27.0 Å². The van der Waals surface area contributed by atoms with Gasteiger partial charge in [-0.2, -0.15) is 0 Å². The van der Waals surface area contributed by atoms with Crippen molar-refractivity contribution in [1.29, 1.82) is 0 Å². The van der Waals surface area contributed by atoms with Crippen LogP contribution in [0.25, 0.3) is 6.08 Å². The lowest BCUT2D eigenvalue weighted by atomic mass is 10.2. The molecule has 23 heavy (non-hydrogen) atoms.